The molecule has 1 N–H and O–H groups in total. The van der Waals surface area contributed by atoms with Crippen LogP contribution in [0.1, 0.15) is 63.4 Å². The standard InChI is InChI=1S/C39H44N4O9S/c1-2-34(45)42-16-6-5-9-28-21-39(28,38(48)41-53(49,50)30-12-13-30)22-33(44)32-20-29-24-43(32)37(47)27(23-42)19-35(46)51-17-7-3-4-8-25-10-11-26-14-15-40-36(52-29)31(26)18-25/h2,4-5,8-11,14-15,18,27-30,32H,1,3,6-7,12-13,16-17,19-24H2,(H,41,48)/b8-4+,9-5-/t27-,28+,29+,32-,39+/m0/s1. The van der Waals surface area contributed by atoms with E-state index in [1.165, 1.54) is 9.80 Å². The average Bonchev–Trinajstić information content (AvgIpc) is 4.06. The highest BCUT2D eigenvalue weighted by molar-refractivity contribution is 7.90. The number of nitrogens with one attached hydrogen (secondary N) is 1. The second kappa shape index (κ2) is 14.9. The summed E-state index contributed by atoms with van der Waals surface area (Å²) in [6.07, 6.45) is 11.9. The van der Waals surface area contributed by atoms with Gasteiger partial charge in [-0.05, 0) is 73.6 Å². The fourth-order valence-corrected chi connectivity index (χ4v) is 9.09. The number of nitrogens with zero attached hydrogens (tertiary/aromatic N) is 3. The van der Waals surface area contributed by atoms with Gasteiger partial charge in [0.2, 0.25) is 33.6 Å². The van der Waals surface area contributed by atoms with E-state index in [2.05, 4.69) is 16.3 Å². The predicted molar refractivity (Wildman–Crippen MR) is 194 cm³/mol. The molecule has 280 valence electrons. The van der Waals surface area contributed by atoms with Crippen molar-refractivity contribution in [2.45, 2.75) is 75.2 Å². The molecule has 3 amide bonds. The van der Waals surface area contributed by atoms with Crippen molar-refractivity contribution in [2.24, 2.45) is 17.3 Å². The molecule has 7 rings (SSSR count). The van der Waals surface area contributed by atoms with Crippen molar-refractivity contribution < 1.29 is 41.9 Å². The Labute approximate surface area is 308 Å². The fraction of sp³-hybridized carbons (Fsp3) is 0.487. The number of rotatable bonds is 4. The summed E-state index contributed by atoms with van der Waals surface area (Å²) in [5.41, 5.74) is -0.399. The van der Waals surface area contributed by atoms with Crippen LogP contribution in [0.15, 0.2) is 61.3 Å². The van der Waals surface area contributed by atoms with Crippen LogP contribution in [-0.4, -0.2) is 96.3 Å². The number of pyridine rings is 1. The Morgan fingerprint density at radius 3 is 2.70 bits per heavy atom. The number of amides is 3. The van der Waals surface area contributed by atoms with E-state index in [9.17, 15) is 32.4 Å². The number of ether oxygens (including phenoxy) is 2. The number of hydrogen-bond acceptors (Lipinski definition) is 10. The van der Waals surface area contributed by atoms with E-state index in [4.69, 9.17) is 9.47 Å². The lowest BCUT2D eigenvalue weighted by molar-refractivity contribution is -0.151. The number of carbonyl (C=O) groups is 5. The lowest BCUT2D eigenvalue weighted by Gasteiger charge is -2.31. The Bertz CT molecular complexity index is 2010. The molecule has 0 radical (unpaired) electrons. The first-order chi connectivity index (χ1) is 25.5. The van der Waals surface area contributed by atoms with Crippen molar-refractivity contribution in [3.63, 3.8) is 0 Å². The first kappa shape index (κ1) is 36.5. The van der Waals surface area contributed by atoms with Gasteiger partial charge >= 0.3 is 5.97 Å². The maximum Gasteiger partial charge on any atom is 0.306 e. The number of fused-ring (bicyclic) bond motifs is 4. The number of benzene rings is 1. The van der Waals surface area contributed by atoms with Gasteiger partial charge in [-0.2, -0.15) is 0 Å². The minimum Gasteiger partial charge on any atom is -0.472 e. The summed E-state index contributed by atoms with van der Waals surface area (Å²) in [5, 5.41) is 1.02. The van der Waals surface area contributed by atoms with E-state index < -0.39 is 74.1 Å². The topological polar surface area (TPSA) is 169 Å². The van der Waals surface area contributed by atoms with E-state index in [0.717, 1.165) is 22.4 Å². The van der Waals surface area contributed by atoms with Crippen molar-refractivity contribution in [2.75, 3.05) is 26.2 Å². The molecule has 1 aromatic heterocycles. The van der Waals surface area contributed by atoms with Crippen LogP contribution in [0.4, 0.5) is 0 Å². The third kappa shape index (κ3) is 7.92. The Morgan fingerprint density at radius 1 is 1.08 bits per heavy atom. The van der Waals surface area contributed by atoms with Crippen LogP contribution < -0.4 is 9.46 Å². The minimum atomic E-state index is -3.89. The summed E-state index contributed by atoms with van der Waals surface area (Å²) in [5.74, 6) is -3.84. The zero-order chi connectivity index (χ0) is 37.3. The van der Waals surface area contributed by atoms with Crippen molar-refractivity contribution >= 4 is 56.3 Å². The first-order valence-electron chi connectivity index (χ1n) is 18.3. The monoisotopic (exact) mass is 744 g/mol. The number of hydrogen-bond donors (Lipinski definition) is 1. The van der Waals surface area contributed by atoms with Crippen LogP contribution >= 0.6 is 0 Å². The van der Waals surface area contributed by atoms with Gasteiger partial charge in [-0.1, -0.05) is 43.0 Å². The predicted octanol–water partition coefficient (Wildman–Crippen LogP) is 3.49. The van der Waals surface area contributed by atoms with Crippen molar-refractivity contribution in [1.29, 1.82) is 0 Å². The molecule has 5 bridgehead atoms. The molecule has 3 fully saturated rings. The van der Waals surface area contributed by atoms with E-state index in [1.54, 1.807) is 18.3 Å². The summed E-state index contributed by atoms with van der Waals surface area (Å²) >= 11 is 0. The molecule has 14 heteroatoms. The Kier molecular flexibility index (Phi) is 10.2. The van der Waals surface area contributed by atoms with E-state index >= 15 is 0 Å². The molecule has 3 aliphatic heterocycles. The summed E-state index contributed by atoms with van der Waals surface area (Å²) in [6, 6.07) is 6.71. The van der Waals surface area contributed by atoms with Gasteiger partial charge in [0.05, 0.1) is 42.2 Å². The van der Waals surface area contributed by atoms with Gasteiger partial charge in [0.1, 0.15) is 6.10 Å². The molecule has 0 unspecified atom stereocenters. The van der Waals surface area contributed by atoms with Gasteiger partial charge in [-0.25, -0.2) is 13.4 Å². The summed E-state index contributed by atoms with van der Waals surface area (Å²) in [6.45, 7) is 3.82. The number of Topliss-reactive ketones (excluding diaryl/α,β-unsaturated/α-hetero) is 1. The Balaban J connectivity index is 1.27. The Hall–Kier alpha value is -4.85. The molecule has 4 heterocycles. The third-order valence-electron chi connectivity index (χ3n) is 10.9. The molecule has 1 saturated heterocycles. The zero-order valence-electron chi connectivity index (χ0n) is 29.5. The van der Waals surface area contributed by atoms with Crippen LogP contribution in [0.3, 0.4) is 0 Å². The fourth-order valence-electron chi connectivity index (χ4n) is 7.71. The number of allylic oxidation sites excluding steroid dienone is 2. The average molecular weight is 745 g/mol. The number of ketones is 1. The number of carbonyl (C=O) groups excluding carboxylic acids is 5. The van der Waals surface area contributed by atoms with Crippen molar-refractivity contribution in [1.82, 2.24) is 19.5 Å². The van der Waals surface area contributed by atoms with Gasteiger partial charge < -0.3 is 19.3 Å². The van der Waals surface area contributed by atoms with Gasteiger partial charge in [0.25, 0.3) is 0 Å². The van der Waals surface area contributed by atoms with Crippen LogP contribution in [0.2, 0.25) is 0 Å². The zero-order valence-corrected chi connectivity index (χ0v) is 30.3. The highest BCUT2D eigenvalue weighted by Crippen LogP contribution is 2.57. The molecule has 5 atom stereocenters. The van der Waals surface area contributed by atoms with Gasteiger partial charge in [0, 0.05) is 37.5 Å². The lowest BCUT2D eigenvalue weighted by Crippen LogP contribution is -2.49. The van der Waals surface area contributed by atoms with Gasteiger partial charge in [0.15, 0.2) is 5.78 Å². The largest absolute Gasteiger partial charge is 0.472 e. The number of esters is 1. The maximum atomic E-state index is 14.7. The quantitative estimate of drug-likeness (QED) is 0.278. The van der Waals surface area contributed by atoms with E-state index in [1.807, 2.05) is 36.4 Å². The number of aromatic nitrogens is 1. The summed E-state index contributed by atoms with van der Waals surface area (Å²) in [7, 11) is -3.89. The molecule has 13 nitrogen and oxygen atoms in total. The second-order valence-electron chi connectivity index (χ2n) is 14.7. The molecule has 53 heavy (non-hydrogen) atoms. The van der Waals surface area contributed by atoms with E-state index in [0.29, 0.717) is 38.0 Å². The summed E-state index contributed by atoms with van der Waals surface area (Å²) < 4.78 is 40.0. The molecule has 1 aromatic carbocycles. The maximum absolute atomic E-state index is 14.7. The van der Waals surface area contributed by atoms with Crippen LogP contribution in [-0.2, 0) is 38.7 Å². The SMILES string of the molecule is C=CC(=O)N1CC/C=C\[C@@H]2C[C@@]2(C(=O)NS(=O)(=O)C2CC2)CC(=O)[C@@H]2C[C@@H]3CN2C(=O)[C@@H](CC(=O)OCCC/C=C/c2ccc4ccnc(c4c2)O3)C1. The van der Waals surface area contributed by atoms with Crippen LogP contribution in [0, 0.1) is 17.3 Å². The smallest absolute Gasteiger partial charge is 0.306 e. The lowest BCUT2D eigenvalue weighted by atomic mass is 9.90. The molecular weight excluding hydrogens is 701 g/mol. The van der Waals surface area contributed by atoms with Crippen molar-refractivity contribution in [3.05, 3.63) is 66.9 Å². The molecular formula is C39H44N4O9S. The second-order valence-corrected chi connectivity index (χ2v) is 16.7. The highest BCUT2D eigenvalue weighted by atomic mass is 32.2. The molecule has 2 aliphatic carbocycles. The number of cyclic esters (lactones) is 1. The van der Waals surface area contributed by atoms with Gasteiger partial charge in [-0.3, -0.25) is 28.7 Å². The molecule has 2 aromatic rings. The normalized spacial score (nSPS) is 29.5. The van der Waals surface area contributed by atoms with Gasteiger partial charge in [-0.15, -0.1) is 0 Å². The summed E-state index contributed by atoms with van der Waals surface area (Å²) in [4.78, 5) is 76.6. The van der Waals surface area contributed by atoms with Crippen molar-refractivity contribution in [3.8, 4) is 5.88 Å². The molecule has 5 aliphatic rings. The molecule has 2 saturated carbocycles. The Morgan fingerprint density at radius 2 is 1.91 bits per heavy atom. The first-order valence-corrected chi connectivity index (χ1v) is 19.9. The minimum absolute atomic E-state index is 0.0214. The highest BCUT2D eigenvalue weighted by Gasteiger charge is 2.61. The van der Waals surface area contributed by atoms with Crippen LogP contribution in [0.5, 0.6) is 5.88 Å². The molecule has 0 spiro atoms. The van der Waals surface area contributed by atoms with E-state index in [-0.39, 0.29) is 51.9 Å². The van der Waals surface area contributed by atoms with Crippen LogP contribution in [0.25, 0.3) is 16.8 Å². The number of sulfonamides is 1. The third-order valence-corrected chi connectivity index (χ3v) is 12.8.